The summed E-state index contributed by atoms with van der Waals surface area (Å²) in [5.74, 6) is 0. The molecule has 0 fully saturated rings. The van der Waals surface area contributed by atoms with Gasteiger partial charge >= 0.3 is 6.09 Å². The van der Waals surface area contributed by atoms with Crippen molar-refractivity contribution in [2.45, 2.75) is 13.5 Å². The van der Waals surface area contributed by atoms with Crippen molar-refractivity contribution in [3.63, 3.8) is 0 Å². The number of benzene rings is 2. The van der Waals surface area contributed by atoms with Crippen LogP contribution in [0.5, 0.6) is 0 Å². The smallest absolute Gasteiger partial charge is 0.411 e. The second-order valence-electron chi connectivity index (χ2n) is 4.40. The second-order valence-corrected chi connectivity index (χ2v) is 4.83. The molecule has 2 rings (SSSR count). The number of alkyl carbamates (subject to hydrolysis) is 1. The van der Waals surface area contributed by atoms with Gasteiger partial charge in [-0.15, -0.1) is 0 Å². The highest BCUT2D eigenvalue weighted by Gasteiger charge is 2.07. The lowest BCUT2D eigenvalue weighted by Gasteiger charge is -2.10. The predicted octanol–water partition coefficient (Wildman–Crippen LogP) is 4.63. The van der Waals surface area contributed by atoms with Gasteiger partial charge in [-0.25, -0.2) is 4.79 Å². The van der Waals surface area contributed by atoms with Crippen molar-refractivity contribution in [1.29, 1.82) is 0 Å². The quantitative estimate of drug-likeness (QED) is 0.894. The molecule has 0 aliphatic heterocycles. The Morgan fingerprint density at radius 2 is 1.81 bits per heavy atom. The first-order valence-corrected chi connectivity index (χ1v) is 6.97. The first-order chi connectivity index (χ1) is 10.2. The van der Waals surface area contributed by atoms with E-state index in [0.717, 1.165) is 11.1 Å². The molecule has 21 heavy (non-hydrogen) atoms. The molecule has 0 aliphatic carbocycles. The van der Waals surface area contributed by atoms with Crippen LogP contribution in [0.15, 0.2) is 60.7 Å². The molecule has 0 radical (unpaired) electrons. The summed E-state index contributed by atoms with van der Waals surface area (Å²) in [6.07, 6.45) is 1.33. The lowest BCUT2D eigenvalue weighted by Crippen LogP contribution is -2.22. The zero-order valence-electron chi connectivity index (χ0n) is 11.7. The molecule has 3 nitrogen and oxygen atoms in total. The van der Waals surface area contributed by atoms with Crippen LogP contribution in [0, 0.1) is 0 Å². The number of hydrogen-bond donors (Lipinski definition) is 1. The fraction of sp³-hybridized carbons (Fsp3) is 0.118. The molecule has 0 saturated heterocycles. The number of amides is 1. The van der Waals surface area contributed by atoms with E-state index in [0.29, 0.717) is 10.7 Å². The van der Waals surface area contributed by atoms with Crippen LogP contribution < -0.4 is 5.32 Å². The maximum atomic E-state index is 11.8. The Hall–Kier alpha value is -2.26. The van der Waals surface area contributed by atoms with E-state index in [1.807, 2.05) is 55.5 Å². The number of carbonyl (C=O) groups is 1. The molecule has 108 valence electrons. The Morgan fingerprint density at radius 1 is 1.14 bits per heavy atom. The van der Waals surface area contributed by atoms with Crippen molar-refractivity contribution in [2.24, 2.45) is 0 Å². The average Bonchev–Trinajstić information content (AvgIpc) is 2.52. The van der Waals surface area contributed by atoms with E-state index in [1.165, 1.54) is 0 Å². The van der Waals surface area contributed by atoms with Gasteiger partial charge in [-0.2, -0.15) is 0 Å². The summed E-state index contributed by atoms with van der Waals surface area (Å²) in [7, 11) is 0. The number of nitrogens with one attached hydrogen (secondary N) is 1. The van der Waals surface area contributed by atoms with E-state index in [-0.39, 0.29) is 6.61 Å². The number of hydrogen-bond acceptors (Lipinski definition) is 2. The third-order valence-corrected chi connectivity index (χ3v) is 3.15. The highest BCUT2D eigenvalue weighted by molar-refractivity contribution is 6.30. The number of carbonyl (C=O) groups excluding carboxylic acids is 1. The van der Waals surface area contributed by atoms with Gasteiger partial charge in [0, 0.05) is 10.7 Å². The first kappa shape index (κ1) is 15.1. The molecule has 1 amide bonds. The van der Waals surface area contributed by atoms with Gasteiger partial charge in [-0.3, -0.25) is 5.32 Å². The lowest BCUT2D eigenvalue weighted by molar-refractivity contribution is 0.144. The van der Waals surface area contributed by atoms with E-state index in [1.54, 1.807) is 12.1 Å². The summed E-state index contributed by atoms with van der Waals surface area (Å²) >= 11 is 5.85. The molecule has 0 heterocycles. The summed E-state index contributed by atoms with van der Waals surface area (Å²) in [6, 6.07) is 16.8. The van der Waals surface area contributed by atoms with Crippen molar-refractivity contribution in [3.8, 4) is 0 Å². The molecule has 0 unspecified atom stereocenters. The number of ether oxygens (including phenoxy) is 1. The zero-order chi connectivity index (χ0) is 15.1. The van der Waals surface area contributed by atoms with E-state index in [4.69, 9.17) is 16.3 Å². The van der Waals surface area contributed by atoms with Gasteiger partial charge in [-0.05, 0) is 30.2 Å². The molecule has 4 heteroatoms. The number of halogens is 1. The zero-order valence-corrected chi connectivity index (χ0v) is 12.4. The van der Waals surface area contributed by atoms with Crippen LogP contribution in [0.2, 0.25) is 5.02 Å². The number of rotatable bonds is 4. The highest BCUT2D eigenvalue weighted by atomic mass is 35.5. The van der Waals surface area contributed by atoms with Crippen LogP contribution in [0.4, 0.5) is 4.79 Å². The van der Waals surface area contributed by atoms with Gasteiger partial charge in [0.15, 0.2) is 0 Å². The molecule has 0 aliphatic rings. The molecule has 0 saturated carbocycles. The Morgan fingerprint density at radius 3 is 2.43 bits per heavy atom. The van der Waals surface area contributed by atoms with E-state index >= 15 is 0 Å². The Bertz CT molecular complexity index is 621. The number of allylic oxidation sites excluding steroid dienone is 1. The summed E-state index contributed by atoms with van der Waals surface area (Å²) in [5, 5.41) is 3.38. The minimum atomic E-state index is -0.484. The maximum absolute atomic E-state index is 11.8. The van der Waals surface area contributed by atoms with Crippen LogP contribution in [0.1, 0.15) is 18.1 Å². The van der Waals surface area contributed by atoms with Gasteiger partial charge < -0.3 is 4.74 Å². The molecule has 0 aromatic heterocycles. The topological polar surface area (TPSA) is 38.3 Å². The van der Waals surface area contributed by atoms with Crippen LogP contribution in [-0.2, 0) is 11.3 Å². The Balaban J connectivity index is 1.93. The predicted molar refractivity (Wildman–Crippen MR) is 84.9 cm³/mol. The van der Waals surface area contributed by atoms with Crippen LogP contribution >= 0.6 is 11.6 Å². The van der Waals surface area contributed by atoms with Crippen molar-refractivity contribution in [3.05, 3.63) is 76.8 Å². The van der Waals surface area contributed by atoms with Crippen molar-refractivity contribution in [1.82, 2.24) is 5.32 Å². The summed E-state index contributed by atoms with van der Waals surface area (Å²) in [5.41, 5.74) is 2.50. The fourth-order valence-electron chi connectivity index (χ4n) is 1.81. The molecule has 2 aromatic rings. The van der Waals surface area contributed by atoms with E-state index < -0.39 is 6.09 Å². The summed E-state index contributed by atoms with van der Waals surface area (Å²) in [4.78, 5) is 11.8. The molecule has 0 bridgehead atoms. The molecule has 0 spiro atoms. The normalized spacial score (nSPS) is 11.0. The van der Waals surface area contributed by atoms with Gasteiger partial charge in [0.2, 0.25) is 0 Å². The van der Waals surface area contributed by atoms with Gasteiger partial charge in [-0.1, -0.05) is 60.1 Å². The molecule has 0 atom stereocenters. The molecule has 2 aromatic carbocycles. The van der Waals surface area contributed by atoms with Crippen molar-refractivity contribution < 1.29 is 9.53 Å². The molecular weight excluding hydrogens is 286 g/mol. The minimum absolute atomic E-state index is 0.240. The Labute approximate surface area is 129 Å². The minimum Gasteiger partial charge on any atom is -0.444 e. The van der Waals surface area contributed by atoms with Gasteiger partial charge in [0.1, 0.15) is 6.61 Å². The largest absolute Gasteiger partial charge is 0.444 e. The lowest BCUT2D eigenvalue weighted by atomic mass is 10.1. The van der Waals surface area contributed by atoms with E-state index in [9.17, 15) is 4.79 Å². The third kappa shape index (κ3) is 4.65. The van der Waals surface area contributed by atoms with E-state index in [2.05, 4.69) is 5.32 Å². The van der Waals surface area contributed by atoms with Gasteiger partial charge in [0.05, 0.1) is 0 Å². The standard InChI is InChI=1S/C17H16ClNO2/c1-2-16(14-8-10-15(18)11-9-14)19-17(20)21-12-13-6-4-3-5-7-13/h2-11H,12H2,1H3,(H,19,20)/b16-2+. The summed E-state index contributed by atoms with van der Waals surface area (Å²) in [6.45, 7) is 2.09. The van der Waals surface area contributed by atoms with Gasteiger partial charge in [0.25, 0.3) is 0 Å². The third-order valence-electron chi connectivity index (χ3n) is 2.89. The van der Waals surface area contributed by atoms with Crippen LogP contribution in [0.3, 0.4) is 0 Å². The fourth-order valence-corrected chi connectivity index (χ4v) is 1.94. The van der Waals surface area contributed by atoms with Crippen LogP contribution in [0.25, 0.3) is 5.70 Å². The highest BCUT2D eigenvalue weighted by Crippen LogP contribution is 2.15. The van der Waals surface area contributed by atoms with Crippen molar-refractivity contribution >= 4 is 23.4 Å². The second kappa shape index (κ2) is 7.50. The molecule has 1 N–H and O–H groups in total. The SMILES string of the molecule is C/C=C(/NC(=O)OCc1ccccc1)c1ccc(Cl)cc1. The maximum Gasteiger partial charge on any atom is 0.411 e. The monoisotopic (exact) mass is 301 g/mol. The Kier molecular flexibility index (Phi) is 5.41. The van der Waals surface area contributed by atoms with Crippen LogP contribution in [-0.4, -0.2) is 6.09 Å². The molecular formula is C17H16ClNO2. The first-order valence-electron chi connectivity index (χ1n) is 6.59. The van der Waals surface area contributed by atoms with Crippen molar-refractivity contribution in [2.75, 3.05) is 0 Å². The summed E-state index contributed by atoms with van der Waals surface area (Å²) < 4.78 is 5.19. The average molecular weight is 302 g/mol.